The molecule has 0 aromatic heterocycles. The van der Waals surface area contributed by atoms with Crippen molar-refractivity contribution in [3.63, 3.8) is 0 Å². The lowest BCUT2D eigenvalue weighted by molar-refractivity contribution is -0.154. The highest BCUT2D eigenvalue weighted by atomic mass is 31.2. The second-order valence-electron chi connectivity index (χ2n) is 15.5. The maximum Gasteiger partial charge on any atom is 0.472 e. The predicted octanol–water partition coefficient (Wildman–Crippen LogP) is 14.5. The number of allylic oxidation sites excluding steroid dienone is 26. The van der Waals surface area contributed by atoms with Gasteiger partial charge >= 0.3 is 19.8 Å². The maximum absolute atomic E-state index is 12.7. The zero-order chi connectivity index (χ0) is 49.0. The van der Waals surface area contributed by atoms with Gasteiger partial charge in [-0.05, 0) is 116 Å². The van der Waals surface area contributed by atoms with E-state index in [-0.39, 0.29) is 13.0 Å². The summed E-state index contributed by atoms with van der Waals surface area (Å²) in [4.78, 5) is 33.7. The van der Waals surface area contributed by atoms with Crippen LogP contribution in [0.25, 0.3) is 0 Å². The minimum absolute atomic E-state index is 0.0423. The lowest BCUT2D eigenvalue weighted by atomic mass is 10.2. The third-order valence-electron chi connectivity index (χ3n) is 9.30. The molecule has 11 heteroatoms. The first-order valence-electron chi connectivity index (χ1n) is 24.5. The number of carbonyl (C=O) groups is 2. The van der Waals surface area contributed by atoms with E-state index in [1.165, 1.54) is 0 Å². The molecule has 0 radical (unpaired) electrons. The van der Waals surface area contributed by atoms with E-state index in [1.807, 2.05) is 6.08 Å². The van der Waals surface area contributed by atoms with Crippen LogP contribution in [0.1, 0.15) is 142 Å². The van der Waals surface area contributed by atoms with E-state index in [2.05, 4.69) is 166 Å². The summed E-state index contributed by atoms with van der Waals surface area (Å²) in [6, 6.07) is -1.50. The summed E-state index contributed by atoms with van der Waals surface area (Å²) in [5.74, 6) is -1.87. The number of carboxylic acid groups (broad SMARTS) is 1. The second kappa shape index (κ2) is 49.5. The van der Waals surface area contributed by atoms with Crippen LogP contribution in [0.15, 0.2) is 158 Å². The van der Waals surface area contributed by atoms with Crippen LogP contribution in [0.4, 0.5) is 0 Å². The van der Waals surface area contributed by atoms with Gasteiger partial charge in [0, 0.05) is 13.0 Å². The molecule has 0 aromatic rings. The molecule has 0 saturated carbocycles. The fourth-order valence-corrected chi connectivity index (χ4v) is 6.37. The third-order valence-corrected chi connectivity index (χ3v) is 10.3. The number of phosphoric acid groups is 1. The number of nitrogens with two attached hydrogens (primary N) is 1. The van der Waals surface area contributed by atoms with Crippen LogP contribution >= 0.6 is 7.82 Å². The van der Waals surface area contributed by atoms with Crippen molar-refractivity contribution >= 4 is 19.8 Å². The number of ether oxygens (including phenoxy) is 2. The smallest absolute Gasteiger partial charge is 0.472 e. The minimum atomic E-state index is -4.66. The average molecular weight is 948 g/mol. The SMILES string of the molecule is CC/C=C\C/C=C\C/C=C\C/C=C\C/C=C\C/C=C\C/C=C\CCCC(=O)OC(COCCCCC/C=C\C/C=C\C/C=C\C/C=C\C/C=C\C/C=C\CC)COP(=O)(O)OCC(N)C(=O)O. The van der Waals surface area contributed by atoms with E-state index in [9.17, 15) is 19.0 Å². The predicted molar refractivity (Wildman–Crippen MR) is 281 cm³/mol. The fraction of sp³-hybridized carbons (Fsp3) is 0.500. The van der Waals surface area contributed by atoms with Crippen molar-refractivity contribution in [3.05, 3.63) is 158 Å². The van der Waals surface area contributed by atoms with Crippen LogP contribution in [-0.2, 0) is 32.7 Å². The molecule has 0 spiro atoms. The summed E-state index contributed by atoms with van der Waals surface area (Å²) in [5.41, 5.74) is 5.36. The molecule has 0 saturated heterocycles. The lowest BCUT2D eigenvalue weighted by Crippen LogP contribution is -2.34. The van der Waals surface area contributed by atoms with Gasteiger partial charge in [0.15, 0.2) is 0 Å². The summed E-state index contributed by atoms with van der Waals surface area (Å²) in [6.45, 7) is 3.46. The van der Waals surface area contributed by atoms with Gasteiger partial charge in [-0.1, -0.05) is 178 Å². The van der Waals surface area contributed by atoms with Crippen LogP contribution < -0.4 is 5.73 Å². The molecule has 67 heavy (non-hydrogen) atoms. The van der Waals surface area contributed by atoms with Crippen LogP contribution in [0, 0.1) is 0 Å². The average Bonchev–Trinajstić information content (AvgIpc) is 3.31. The number of unbranched alkanes of at least 4 members (excludes halogenated alkanes) is 4. The quantitative estimate of drug-likeness (QED) is 0.0233. The molecule has 0 amide bonds. The van der Waals surface area contributed by atoms with E-state index in [4.69, 9.17) is 29.4 Å². The van der Waals surface area contributed by atoms with Crippen molar-refractivity contribution in [3.8, 4) is 0 Å². The standard InChI is InChI=1S/C56H86NO9P/c1-3-5-7-9-11-13-15-17-19-21-23-25-27-28-30-32-34-36-38-40-42-44-46-48-55(58)66-53(51-64-67(61,62)65-52-54(57)56(59)60)50-63-49-47-45-43-41-39-37-35-33-31-29-26-24-22-20-18-16-14-12-10-8-6-4-2/h5-8,11-14,17-20,23-26,28,30-31,33-34,36-37,39-40,42,53-54H,3-4,9-10,15-16,21-22,27,29,32,35,38,41,43-52,57H2,1-2H3,(H,59,60)(H,61,62)/b7-5-,8-6-,13-11-,14-12-,19-17-,20-18-,25-23-,26-24-,30-28-,33-31-,36-34-,39-37-,42-40-. The van der Waals surface area contributed by atoms with Crippen molar-refractivity contribution in [1.82, 2.24) is 0 Å². The molecule has 0 aliphatic heterocycles. The van der Waals surface area contributed by atoms with Crippen molar-refractivity contribution in [2.24, 2.45) is 5.73 Å². The summed E-state index contributed by atoms with van der Waals surface area (Å²) in [6.07, 6.45) is 73.1. The first-order valence-corrected chi connectivity index (χ1v) is 26.0. The van der Waals surface area contributed by atoms with Crippen molar-refractivity contribution in [2.75, 3.05) is 26.4 Å². The van der Waals surface area contributed by atoms with Crippen molar-refractivity contribution in [1.29, 1.82) is 0 Å². The molecule has 0 aliphatic carbocycles. The molecule has 0 heterocycles. The Morgan fingerprint density at radius 2 is 0.821 bits per heavy atom. The Balaban J connectivity index is 4.41. The highest BCUT2D eigenvalue weighted by Crippen LogP contribution is 2.43. The van der Waals surface area contributed by atoms with Crippen molar-refractivity contribution in [2.45, 2.75) is 154 Å². The van der Waals surface area contributed by atoms with E-state index < -0.39 is 45.1 Å². The minimum Gasteiger partial charge on any atom is -0.480 e. The zero-order valence-electron chi connectivity index (χ0n) is 40.9. The van der Waals surface area contributed by atoms with Crippen LogP contribution in [-0.4, -0.2) is 60.5 Å². The molecule has 0 fully saturated rings. The van der Waals surface area contributed by atoms with Gasteiger partial charge in [-0.2, -0.15) is 0 Å². The number of phosphoric ester groups is 1. The van der Waals surface area contributed by atoms with Gasteiger partial charge in [-0.3, -0.25) is 18.6 Å². The Kier molecular flexibility index (Phi) is 46.2. The van der Waals surface area contributed by atoms with Gasteiger partial charge in [-0.25, -0.2) is 4.57 Å². The first-order chi connectivity index (χ1) is 32.7. The molecule has 0 rings (SSSR count). The maximum atomic E-state index is 12.7. The molecule has 0 aromatic carbocycles. The number of hydrogen-bond donors (Lipinski definition) is 3. The van der Waals surface area contributed by atoms with E-state index in [0.717, 1.165) is 109 Å². The van der Waals surface area contributed by atoms with Gasteiger partial charge in [0.1, 0.15) is 12.1 Å². The Hall–Kier alpha value is -4.41. The first kappa shape index (κ1) is 62.6. The number of rotatable bonds is 44. The molecule has 0 bridgehead atoms. The normalized spacial score (nSPS) is 15.0. The van der Waals surface area contributed by atoms with Gasteiger partial charge in [0.25, 0.3) is 0 Å². The van der Waals surface area contributed by atoms with Gasteiger partial charge in [0.2, 0.25) is 0 Å². The Morgan fingerprint density at radius 3 is 1.19 bits per heavy atom. The molecule has 4 N–H and O–H groups in total. The Morgan fingerprint density at radius 1 is 0.478 bits per heavy atom. The van der Waals surface area contributed by atoms with E-state index >= 15 is 0 Å². The molecular weight excluding hydrogens is 862 g/mol. The topological polar surface area (TPSA) is 155 Å². The molecule has 0 aliphatic rings. The highest BCUT2D eigenvalue weighted by Gasteiger charge is 2.27. The number of esters is 1. The molecule has 374 valence electrons. The van der Waals surface area contributed by atoms with Crippen LogP contribution in [0.2, 0.25) is 0 Å². The fourth-order valence-electron chi connectivity index (χ4n) is 5.59. The van der Waals surface area contributed by atoms with Gasteiger partial charge in [0.05, 0.1) is 19.8 Å². The molecule has 10 nitrogen and oxygen atoms in total. The van der Waals surface area contributed by atoms with Gasteiger partial charge in [-0.15, -0.1) is 0 Å². The lowest BCUT2D eigenvalue weighted by Gasteiger charge is -2.20. The van der Waals surface area contributed by atoms with Crippen LogP contribution in [0.5, 0.6) is 0 Å². The number of carbonyl (C=O) groups excluding carboxylic acids is 1. The second-order valence-corrected chi connectivity index (χ2v) is 16.9. The third kappa shape index (κ3) is 49.3. The van der Waals surface area contributed by atoms with E-state index in [0.29, 0.717) is 19.4 Å². The summed E-state index contributed by atoms with van der Waals surface area (Å²) in [7, 11) is -4.66. The van der Waals surface area contributed by atoms with Crippen LogP contribution in [0.3, 0.4) is 0 Å². The summed E-state index contributed by atoms with van der Waals surface area (Å²) >= 11 is 0. The summed E-state index contributed by atoms with van der Waals surface area (Å²) in [5, 5.41) is 8.93. The molecule has 3 atom stereocenters. The molecule has 3 unspecified atom stereocenters. The monoisotopic (exact) mass is 948 g/mol. The largest absolute Gasteiger partial charge is 0.480 e. The summed E-state index contributed by atoms with van der Waals surface area (Å²) < 4.78 is 33.4. The molecular formula is C56H86NO9P. The Bertz CT molecular complexity index is 1660. The zero-order valence-corrected chi connectivity index (χ0v) is 41.8. The highest BCUT2D eigenvalue weighted by molar-refractivity contribution is 7.47. The number of carboxylic acids is 1. The number of hydrogen-bond acceptors (Lipinski definition) is 8. The number of aliphatic carboxylic acids is 1. The Labute approximate surface area is 405 Å². The van der Waals surface area contributed by atoms with Crippen molar-refractivity contribution < 1.29 is 42.7 Å². The van der Waals surface area contributed by atoms with Gasteiger partial charge < -0.3 is 25.2 Å². The van der Waals surface area contributed by atoms with E-state index in [1.54, 1.807) is 0 Å².